The predicted molar refractivity (Wildman–Crippen MR) is 109 cm³/mol. The lowest BCUT2D eigenvalue weighted by atomic mass is 9.97. The number of nitrogens with zero attached hydrogens (tertiary/aromatic N) is 5. The quantitative estimate of drug-likeness (QED) is 0.563. The summed E-state index contributed by atoms with van der Waals surface area (Å²) in [5.74, 6) is 0.582. The highest BCUT2D eigenvalue weighted by atomic mass is 16.1. The van der Waals surface area contributed by atoms with Gasteiger partial charge in [0.2, 0.25) is 0 Å². The van der Waals surface area contributed by atoms with Crippen LogP contribution in [0.1, 0.15) is 47.2 Å². The highest BCUT2D eigenvalue weighted by molar-refractivity contribution is 5.72. The van der Waals surface area contributed by atoms with Gasteiger partial charge in [0.05, 0.1) is 5.52 Å². The molecule has 2 heterocycles. The fourth-order valence-corrected chi connectivity index (χ4v) is 2.98. The molecule has 2 aromatic rings. The van der Waals surface area contributed by atoms with Crippen molar-refractivity contribution in [1.29, 1.82) is 0 Å². The molecule has 6 heteroatoms. The summed E-state index contributed by atoms with van der Waals surface area (Å²) in [5, 5.41) is 6.61. The maximum atomic E-state index is 12.6. The molecule has 6 nitrogen and oxygen atoms in total. The van der Waals surface area contributed by atoms with Gasteiger partial charge in [-0.2, -0.15) is 5.10 Å². The molecule has 2 aromatic heterocycles. The van der Waals surface area contributed by atoms with Gasteiger partial charge >= 0.3 is 5.69 Å². The van der Waals surface area contributed by atoms with E-state index < -0.39 is 0 Å². The summed E-state index contributed by atoms with van der Waals surface area (Å²) in [6, 6.07) is 4.00. The first-order valence-corrected chi connectivity index (χ1v) is 9.45. The molecule has 26 heavy (non-hydrogen) atoms. The number of rotatable bonds is 7. The second-order valence-corrected chi connectivity index (χ2v) is 8.53. The molecule has 2 rings (SSSR count). The average Bonchev–Trinajstić information content (AvgIpc) is 2.77. The van der Waals surface area contributed by atoms with Crippen LogP contribution in [0.2, 0.25) is 0 Å². The molecule has 0 radical (unpaired) electrons. The Labute approximate surface area is 156 Å². The molecule has 0 aromatic carbocycles. The lowest BCUT2D eigenvalue weighted by Gasteiger charge is -2.18. The fraction of sp³-hybridized carbons (Fsp3) is 0.650. The summed E-state index contributed by atoms with van der Waals surface area (Å²) < 4.78 is 3.46. The number of hydrazone groups is 1. The molecule has 0 saturated heterocycles. The van der Waals surface area contributed by atoms with Crippen LogP contribution in [0.5, 0.6) is 0 Å². The Morgan fingerprint density at radius 3 is 2.58 bits per heavy atom. The molecule has 0 bridgehead atoms. The lowest BCUT2D eigenvalue weighted by Crippen LogP contribution is -2.27. The highest BCUT2D eigenvalue weighted by Gasteiger charge is 2.18. The molecule has 0 fully saturated rings. The van der Waals surface area contributed by atoms with Crippen molar-refractivity contribution in [3.63, 3.8) is 0 Å². The van der Waals surface area contributed by atoms with Gasteiger partial charge in [0.15, 0.2) is 5.65 Å². The van der Waals surface area contributed by atoms with E-state index in [0.717, 1.165) is 29.9 Å². The van der Waals surface area contributed by atoms with E-state index in [2.05, 4.69) is 51.7 Å². The van der Waals surface area contributed by atoms with Crippen molar-refractivity contribution < 1.29 is 0 Å². The summed E-state index contributed by atoms with van der Waals surface area (Å²) in [5.41, 5.74) is 2.57. The molecule has 0 atom stereocenters. The molecule has 0 unspecified atom stereocenters. The summed E-state index contributed by atoms with van der Waals surface area (Å²) in [6.45, 7) is 15.4. The van der Waals surface area contributed by atoms with E-state index in [1.165, 1.54) is 0 Å². The maximum absolute atomic E-state index is 12.6. The van der Waals surface area contributed by atoms with E-state index in [1.807, 2.05) is 22.9 Å². The minimum Gasteiger partial charge on any atom is -0.297 e. The van der Waals surface area contributed by atoms with Crippen LogP contribution in [0.15, 0.2) is 22.0 Å². The van der Waals surface area contributed by atoms with Gasteiger partial charge < -0.3 is 0 Å². The van der Waals surface area contributed by atoms with Crippen LogP contribution in [0.3, 0.4) is 0 Å². The summed E-state index contributed by atoms with van der Waals surface area (Å²) in [4.78, 5) is 17.3. The van der Waals surface area contributed by atoms with Crippen molar-refractivity contribution in [2.45, 2.75) is 54.5 Å². The number of imidazole rings is 1. The second kappa shape index (κ2) is 8.06. The van der Waals surface area contributed by atoms with Crippen molar-refractivity contribution >= 4 is 17.4 Å². The number of pyridine rings is 1. The Balaban J connectivity index is 2.24. The molecule has 144 valence electrons. The Hall–Kier alpha value is -2.11. The summed E-state index contributed by atoms with van der Waals surface area (Å²) >= 11 is 0. The smallest absolute Gasteiger partial charge is 0.297 e. The third-order valence-corrected chi connectivity index (χ3v) is 4.16. The minimum absolute atomic E-state index is 0.0117. The van der Waals surface area contributed by atoms with Gasteiger partial charge in [-0.3, -0.25) is 14.1 Å². The lowest BCUT2D eigenvalue weighted by molar-refractivity contribution is 0.270. The Kier molecular flexibility index (Phi) is 6.26. The van der Waals surface area contributed by atoms with Gasteiger partial charge in [-0.1, -0.05) is 34.6 Å². The molecule has 0 aliphatic heterocycles. The van der Waals surface area contributed by atoms with E-state index in [1.54, 1.807) is 11.6 Å². The second-order valence-electron chi connectivity index (χ2n) is 8.53. The molecule has 0 amide bonds. The predicted octanol–water partition coefficient (Wildman–Crippen LogP) is 3.29. The molecular formula is C20H33N5O. The average molecular weight is 360 g/mol. The molecular weight excluding hydrogens is 326 g/mol. The third kappa shape index (κ3) is 4.96. The number of aromatic nitrogens is 3. The summed E-state index contributed by atoms with van der Waals surface area (Å²) in [6.07, 6.45) is 2.56. The molecule has 0 aliphatic rings. The van der Waals surface area contributed by atoms with Crippen LogP contribution in [-0.2, 0) is 20.0 Å². The highest BCUT2D eigenvalue weighted by Crippen LogP contribution is 2.19. The third-order valence-electron chi connectivity index (χ3n) is 4.16. The van der Waals surface area contributed by atoms with Crippen LogP contribution in [0, 0.1) is 11.3 Å². The number of aryl methyl sites for hydroxylation is 1. The first-order chi connectivity index (χ1) is 12.1. The summed E-state index contributed by atoms with van der Waals surface area (Å²) in [7, 11) is 1.79. The first kappa shape index (κ1) is 20.2. The zero-order chi connectivity index (χ0) is 19.5. The van der Waals surface area contributed by atoms with E-state index >= 15 is 0 Å². The van der Waals surface area contributed by atoms with Crippen molar-refractivity contribution in [3.8, 4) is 0 Å². The molecule has 0 spiro atoms. The van der Waals surface area contributed by atoms with Gasteiger partial charge in [0.1, 0.15) is 0 Å². The van der Waals surface area contributed by atoms with Gasteiger partial charge in [-0.05, 0) is 30.4 Å². The zero-order valence-electron chi connectivity index (χ0n) is 17.3. The number of fused-ring (bicyclic) bond motifs is 1. The van der Waals surface area contributed by atoms with Gasteiger partial charge in [0, 0.05) is 45.0 Å². The number of hydrogen-bond acceptors (Lipinski definition) is 4. The largest absolute Gasteiger partial charge is 0.330 e. The first-order valence-electron chi connectivity index (χ1n) is 9.45. The topological polar surface area (TPSA) is 55.4 Å². The zero-order valence-corrected chi connectivity index (χ0v) is 17.3. The van der Waals surface area contributed by atoms with Gasteiger partial charge in [0.25, 0.3) is 0 Å². The Morgan fingerprint density at radius 1 is 1.31 bits per heavy atom. The standard InChI is InChI=1S/C20H33N5O/c1-8-24(13-15(2)3)21-12-11-16-9-10-17-18(22-16)23(7)19(26)25(17)14-20(4,5)6/h9-10,12,15H,8,11,13-14H2,1-7H3. The fourth-order valence-electron chi connectivity index (χ4n) is 2.98. The van der Waals surface area contributed by atoms with E-state index in [0.29, 0.717) is 18.9 Å². The van der Waals surface area contributed by atoms with Crippen LogP contribution in [0.25, 0.3) is 11.2 Å². The monoisotopic (exact) mass is 359 g/mol. The van der Waals surface area contributed by atoms with Crippen molar-refractivity contribution in [2.24, 2.45) is 23.5 Å². The molecule has 0 aliphatic carbocycles. The van der Waals surface area contributed by atoms with Crippen molar-refractivity contribution in [2.75, 3.05) is 13.1 Å². The van der Waals surface area contributed by atoms with Crippen molar-refractivity contribution in [3.05, 3.63) is 28.3 Å². The Morgan fingerprint density at radius 2 is 2.00 bits per heavy atom. The van der Waals surface area contributed by atoms with E-state index in [4.69, 9.17) is 4.98 Å². The van der Waals surface area contributed by atoms with Crippen molar-refractivity contribution in [1.82, 2.24) is 19.1 Å². The molecule has 0 N–H and O–H groups in total. The Bertz CT molecular complexity index is 823. The van der Waals surface area contributed by atoms with Gasteiger partial charge in [-0.25, -0.2) is 9.78 Å². The van der Waals surface area contributed by atoms with E-state index in [9.17, 15) is 4.79 Å². The SMILES string of the molecule is CCN(CC(C)C)N=CCc1ccc2c(n1)n(C)c(=O)n2CC(C)(C)C. The molecule has 0 saturated carbocycles. The van der Waals surface area contributed by atoms with Crippen LogP contribution >= 0.6 is 0 Å². The van der Waals surface area contributed by atoms with Crippen LogP contribution in [0.4, 0.5) is 0 Å². The maximum Gasteiger partial charge on any atom is 0.330 e. The number of hydrogen-bond donors (Lipinski definition) is 0. The van der Waals surface area contributed by atoms with Gasteiger partial charge in [-0.15, -0.1) is 0 Å². The van der Waals surface area contributed by atoms with Crippen LogP contribution in [-0.4, -0.2) is 38.4 Å². The minimum atomic E-state index is -0.0117. The normalized spacial score (nSPS) is 12.6. The van der Waals surface area contributed by atoms with Crippen LogP contribution < -0.4 is 5.69 Å². The van der Waals surface area contributed by atoms with E-state index in [-0.39, 0.29) is 11.1 Å².